The Bertz CT molecular complexity index is 1530. The van der Waals surface area contributed by atoms with Gasteiger partial charge in [0.05, 0.1) is 16.4 Å². The highest BCUT2D eigenvalue weighted by Gasteiger charge is 2.25. The van der Waals surface area contributed by atoms with Gasteiger partial charge < -0.3 is 8.82 Å². The lowest BCUT2D eigenvalue weighted by atomic mass is 9.97. The van der Waals surface area contributed by atoms with E-state index in [9.17, 15) is 0 Å². The molecule has 0 spiro atoms. The Balaban J connectivity index is 1.90. The molecule has 0 saturated carbocycles. The van der Waals surface area contributed by atoms with Crippen molar-refractivity contribution in [1.29, 1.82) is 0 Å². The minimum absolute atomic E-state index is 0.969. The van der Waals surface area contributed by atoms with Crippen molar-refractivity contribution in [1.82, 2.24) is 4.40 Å². The molecule has 0 atom stereocenters. The summed E-state index contributed by atoms with van der Waals surface area (Å²) in [6, 6.07) is 19.5. The number of rotatable bonds is 0. The Morgan fingerprint density at radius 1 is 0.846 bits per heavy atom. The molecule has 2 nitrogen and oxygen atoms in total. The first kappa shape index (κ1) is 13.0. The molecule has 0 radical (unpaired) electrons. The summed E-state index contributed by atoms with van der Waals surface area (Å²) in [5, 5.41) is 6.35. The minimum Gasteiger partial charge on any atom is -0.455 e. The van der Waals surface area contributed by atoms with Gasteiger partial charge >= 0.3 is 0 Å². The number of hydrogen-bond donors (Lipinski definition) is 0. The molecule has 3 aromatic carbocycles. The van der Waals surface area contributed by atoms with E-state index in [1.807, 2.05) is 6.07 Å². The first-order valence-corrected chi connectivity index (χ1v) is 9.19. The summed E-state index contributed by atoms with van der Waals surface area (Å²) in [4.78, 5) is 0. The van der Waals surface area contributed by atoms with E-state index in [2.05, 4.69) is 65.1 Å². The predicted molar refractivity (Wildman–Crippen MR) is 108 cm³/mol. The zero-order valence-corrected chi connectivity index (χ0v) is 14.1. The van der Waals surface area contributed by atoms with Gasteiger partial charge in [0.15, 0.2) is 0 Å². The van der Waals surface area contributed by atoms with Crippen molar-refractivity contribution >= 4 is 55.2 Å². The van der Waals surface area contributed by atoms with Crippen LogP contribution in [0.25, 0.3) is 55.2 Å². The highest BCUT2D eigenvalue weighted by molar-refractivity contribution is 6.29. The second-order valence-corrected chi connectivity index (χ2v) is 7.28. The summed E-state index contributed by atoms with van der Waals surface area (Å²) in [6.07, 6.45) is 6.82. The Morgan fingerprint density at radius 3 is 2.65 bits per heavy atom. The maximum atomic E-state index is 6.37. The van der Waals surface area contributed by atoms with Crippen LogP contribution in [0.3, 0.4) is 0 Å². The van der Waals surface area contributed by atoms with Gasteiger partial charge in [-0.3, -0.25) is 0 Å². The van der Waals surface area contributed by atoms with Crippen LogP contribution in [0.15, 0.2) is 65.1 Å². The Kier molecular flexibility index (Phi) is 2.14. The van der Waals surface area contributed by atoms with Crippen molar-refractivity contribution in [2.45, 2.75) is 12.8 Å². The first-order chi connectivity index (χ1) is 12.9. The molecule has 0 saturated heterocycles. The third kappa shape index (κ3) is 1.34. The van der Waals surface area contributed by atoms with E-state index in [1.165, 1.54) is 49.2 Å². The third-order valence-corrected chi connectivity index (χ3v) is 5.99. The SMILES string of the molecule is C1=Cc2c(c3cc4c5ccccc5oc4c4c5ccccc5n2c34)CC1. The molecule has 1 aliphatic carbocycles. The van der Waals surface area contributed by atoms with Crippen LogP contribution >= 0.6 is 0 Å². The summed E-state index contributed by atoms with van der Waals surface area (Å²) in [6.45, 7) is 0. The molecular weight excluding hydrogens is 318 g/mol. The molecule has 2 heteroatoms. The zero-order valence-electron chi connectivity index (χ0n) is 14.1. The van der Waals surface area contributed by atoms with Gasteiger partial charge in [0, 0.05) is 27.2 Å². The Labute approximate surface area is 149 Å². The lowest BCUT2D eigenvalue weighted by Crippen LogP contribution is -1.94. The standard InChI is InChI=1S/C24H15NO/c1-4-10-19-14(7-1)17-13-18-15-8-3-6-12-21(15)26-24(18)22-16-9-2-5-11-20(16)25(19)23(17)22/h2-6,8-13H,1,7H2. The molecular formula is C24H15NO. The highest BCUT2D eigenvalue weighted by Crippen LogP contribution is 2.45. The van der Waals surface area contributed by atoms with E-state index in [0.29, 0.717) is 0 Å². The molecule has 0 amide bonds. The van der Waals surface area contributed by atoms with E-state index in [0.717, 1.165) is 24.0 Å². The van der Waals surface area contributed by atoms with Crippen molar-refractivity contribution in [3.8, 4) is 0 Å². The quantitative estimate of drug-likeness (QED) is 0.308. The number of benzene rings is 3. The second-order valence-electron chi connectivity index (χ2n) is 7.28. The molecule has 7 rings (SSSR count). The van der Waals surface area contributed by atoms with Gasteiger partial charge in [0.25, 0.3) is 0 Å². The van der Waals surface area contributed by atoms with Gasteiger partial charge in [-0.2, -0.15) is 0 Å². The molecule has 0 N–H and O–H groups in total. The van der Waals surface area contributed by atoms with Gasteiger partial charge in [0.1, 0.15) is 11.2 Å². The van der Waals surface area contributed by atoms with Crippen molar-refractivity contribution in [3.63, 3.8) is 0 Å². The average molecular weight is 333 g/mol. The summed E-state index contributed by atoms with van der Waals surface area (Å²) in [5.74, 6) is 0. The number of hydrogen-bond acceptors (Lipinski definition) is 1. The largest absolute Gasteiger partial charge is 0.455 e. The maximum absolute atomic E-state index is 6.37. The van der Waals surface area contributed by atoms with Crippen LogP contribution in [-0.2, 0) is 6.42 Å². The topological polar surface area (TPSA) is 17.6 Å². The summed E-state index contributed by atoms with van der Waals surface area (Å²) >= 11 is 0. The molecule has 0 unspecified atom stereocenters. The number of aryl methyl sites for hydroxylation is 1. The van der Waals surface area contributed by atoms with Crippen molar-refractivity contribution < 1.29 is 4.42 Å². The Morgan fingerprint density at radius 2 is 1.69 bits per heavy atom. The van der Waals surface area contributed by atoms with E-state index in [4.69, 9.17) is 4.42 Å². The van der Waals surface area contributed by atoms with Crippen molar-refractivity contribution in [3.05, 3.63) is 71.9 Å². The summed E-state index contributed by atoms with van der Waals surface area (Å²) in [5.41, 5.74) is 7.39. The third-order valence-electron chi connectivity index (χ3n) is 5.99. The van der Waals surface area contributed by atoms with Crippen molar-refractivity contribution in [2.75, 3.05) is 0 Å². The zero-order chi connectivity index (χ0) is 16.8. The first-order valence-electron chi connectivity index (χ1n) is 9.19. The Hall–Kier alpha value is -3.26. The molecule has 1 aliphatic rings. The molecule has 122 valence electrons. The number of allylic oxidation sites excluding steroid dienone is 1. The van der Waals surface area contributed by atoms with E-state index in [-0.39, 0.29) is 0 Å². The minimum atomic E-state index is 0.969. The number of fused-ring (bicyclic) bond motifs is 10. The van der Waals surface area contributed by atoms with Crippen LogP contribution in [0.1, 0.15) is 17.7 Å². The fourth-order valence-electron chi connectivity index (χ4n) is 4.95. The normalized spacial score (nSPS) is 14.5. The molecule has 26 heavy (non-hydrogen) atoms. The van der Waals surface area contributed by atoms with E-state index in [1.54, 1.807) is 0 Å². The lowest BCUT2D eigenvalue weighted by molar-refractivity contribution is 0.673. The van der Waals surface area contributed by atoms with Crippen LogP contribution in [-0.4, -0.2) is 4.40 Å². The van der Waals surface area contributed by atoms with Crippen LogP contribution in [0.4, 0.5) is 0 Å². The van der Waals surface area contributed by atoms with Gasteiger partial charge in [-0.05, 0) is 42.7 Å². The summed E-state index contributed by atoms with van der Waals surface area (Å²) in [7, 11) is 0. The smallest absolute Gasteiger partial charge is 0.145 e. The molecule has 3 heterocycles. The molecule has 6 aromatic rings. The van der Waals surface area contributed by atoms with E-state index >= 15 is 0 Å². The van der Waals surface area contributed by atoms with Crippen LogP contribution < -0.4 is 0 Å². The number of nitrogens with zero attached hydrogens (tertiary/aromatic N) is 1. The number of furan rings is 1. The fourth-order valence-corrected chi connectivity index (χ4v) is 4.95. The van der Waals surface area contributed by atoms with Gasteiger partial charge in [-0.25, -0.2) is 0 Å². The fraction of sp³-hybridized carbons (Fsp3) is 0.0833. The monoisotopic (exact) mass is 333 g/mol. The van der Waals surface area contributed by atoms with Crippen molar-refractivity contribution in [2.24, 2.45) is 0 Å². The molecule has 0 aliphatic heterocycles. The highest BCUT2D eigenvalue weighted by atomic mass is 16.3. The van der Waals surface area contributed by atoms with Gasteiger partial charge in [0.2, 0.25) is 0 Å². The average Bonchev–Trinajstić information content (AvgIpc) is 3.33. The number of para-hydroxylation sites is 2. The van der Waals surface area contributed by atoms with E-state index < -0.39 is 0 Å². The molecule has 0 fully saturated rings. The lowest BCUT2D eigenvalue weighted by Gasteiger charge is -2.07. The van der Waals surface area contributed by atoms with Crippen LogP contribution in [0.5, 0.6) is 0 Å². The molecule has 0 bridgehead atoms. The second kappa shape index (κ2) is 4.28. The summed E-state index contributed by atoms with van der Waals surface area (Å²) < 4.78 is 8.82. The van der Waals surface area contributed by atoms with Crippen LogP contribution in [0.2, 0.25) is 0 Å². The predicted octanol–water partition coefficient (Wildman–Crippen LogP) is 6.54. The van der Waals surface area contributed by atoms with Gasteiger partial charge in [-0.1, -0.05) is 42.5 Å². The number of aromatic nitrogens is 1. The molecule has 3 aromatic heterocycles. The van der Waals surface area contributed by atoms with Crippen LogP contribution in [0, 0.1) is 0 Å². The van der Waals surface area contributed by atoms with Gasteiger partial charge in [-0.15, -0.1) is 0 Å². The maximum Gasteiger partial charge on any atom is 0.145 e.